The number of fused-ring (bicyclic) bond motifs is 6. The summed E-state index contributed by atoms with van der Waals surface area (Å²) in [6, 6.07) is 36.9. The van der Waals surface area contributed by atoms with Gasteiger partial charge in [0.05, 0.1) is 25.3 Å². The van der Waals surface area contributed by atoms with Gasteiger partial charge >= 0.3 is 0 Å². The fourth-order valence-electron chi connectivity index (χ4n) is 6.25. The predicted molar refractivity (Wildman–Crippen MR) is 187 cm³/mol. The van der Waals surface area contributed by atoms with Crippen LogP contribution in [0.1, 0.15) is 43.0 Å². The normalized spacial score (nSPS) is 13.8. The average molecular weight is 651 g/mol. The van der Waals surface area contributed by atoms with Crippen molar-refractivity contribution in [3.05, 3.63) is 177 Å². The highest BCUT2D eigenvalue weighted by atomic mass is 32.2. The molecule has 0 bridgehead atoms. The third-order valence-electron chi connectivity index (χ3n) is 8.19. The summed E-state index contributed by atoms with van der Waals surface area (Å²) in [4.78, 5) is 35.7. The number of benzene rings is 5. The molecular formula is C40H18N4O2S2. The van der Waals surface area contributed by atoms with Crippen LogP contribution >= 0.6 is 23.5 Å². The second-order valence-corrected chi connectivity index (χ2v) is 12.8. The van der Waals surface area contributed by atoms with Crippen LogP contribution in [0.25, 0.3) is 43.1 Å². The molecule has 48 heavy (non-hydrogen) atoms. The number of carbonyl (C=O) groups excluding carboxylic acids is 2. The molecule has 2 aliphatic rings. The SMILES string of the molecule is [C-]#[N+]C(C#N)=C1c2ccccc2-c2c(C(=O)Sc3ccc(SC(=O)c4cccc5c4-c4ccccc4C5=C(C#N)[N+]#[C-])cc3)cccc21. The number of rotatable bonds is 4. The van der Waals surface area contributed by atoms with Crippen LogP contribution in [-0.4, -0.2) is 10.2 Å². The molecule has 0 aromatic heterocycles. The van der Waals surface area contributed by atoms with Gasteiger partial charge < -0.3 is 0 Å². The summed E-state index contributed by atoms with van der Waals surface area (Å²) in [5.41, 5.74) is 7.96. The van der Waals surface area contributed by atoms with Gasteiger partial charge in [0, 0.05) is 43.2 Å². The molecule has 0 heterocycles. The Morgan fingerprint density at radius 2 is 0.854 bits per heavy atom. The lowest BCUT2D eigenvalue weighted by Crippen LogP contribution is -1.98. The Hall–Kier alpha value is -6.42. The van der Waals surface area contributed by atoms with Crippen molar-refractivity contribution in [2.45, 2.75) is 9.79 Å². The molecule has 0 aliphatic heterocycles. The van der Waals surface area contributed by atoms with Gasteiger partial charge in [0.25, 0.3) is 11.4 Å². The van der Waals surface area contributed by atoms with Crippen LogP contribution in [-0.2, 0) is 0 Å². The zero-order valence-electron chi connectivity index (χ0n) is 24.8. The first kappa shape index (κ1) is 30.2. The summed E-state index contributed by atoms with van der Waals surface area (Å²) in [6.45, 7) is 15.1. The summed E-state index contributed by atoms with van der Waals surface area (Å²) in [6.07, 6.45) is 0. The standard InChI is InChI=1S/C40H18N4O2S2/c1-43-33(21-41)37-27-11-5-3-9-25(27)35-29(37)13-7-15-31(35)39(45)47-23-17-19-24(20-18-23)48-40(46)32-16-8-14-30-36(32)26-10-4-6-12-28(26)38(30)34(22-42)44-2/h3-20H. The van der Waals surface area contributed by atoms with Crippen LogP contribution in [0.5, 0.6) is 0 Å². The maximum Gasteiger partial charge on any atom is 0.270 e. The summed E-state index contributed by atoms with van der Waals surface area (Å²) in [5.74, 6) is 0. The predicted octanol–water partition coefficient (Wildman–Crippen LogP) is 9.92. The second-order valence-electron chi connectivity index (χ2n) is 10.7. The summed E-state index contributed by atoms with van der Waals surface area (Å²) in [5, 5.41) is 18.9. The van der Waals surface area contributed by atoms with Gasteiger partial charge in [-0.3, -0.25) is 9.59 Å². The van der Waals surface area contributed by atoms with Gasteiger partial charge in [0.2, 0.25) is 10.2 Å². The Labute approximate surface area is 284 Å². The molecule has 0 unspecified atom stereocenters. The first-order valence-corrected chi connectivity index (χ1v) is 16.2. The lowest BCUT2D eigenvalue weighted by atomic mass is 9.99. The third-order valence-corrected chi connectivity index (χ3v) is 10.0. The third kappa shape index (κ3) is 4.91. The summed E-state index contributed by atoms with van der Waals surface area (Å²) in [7, 11) is 0. The summed E-state index contributed by atoms with van der Waals surface area (Å²) >= 11 is 2.14. The molecule has 6 nitrogen and oxygen atoms in total. The average Bonchev–Trinajstić information content (AvgIpc) is 3.64. The number of hydrogen-bond acceptors (Lipinski definition) is 6. The number of hydrogen-bond donors (Lipinski definition) is 0. The minimum absolute atomic E-state index is 0.0158. The van der Waals surface area contributed by atoms with E-state index in [1.165, 1.54) is 0 Å². The molecule has 8 heteroatoms. The van der Waals surface area contributed by atoms with E-state index in [0.717, 1.165) is 45.8 Å². The zero-order chi connectivity index (χ0) is 33.4. The summed E-state index contributed by atoms with van der Waals surface area (Å²) < 4.78 is 0. The van der Waals surface area contributed by atoms with Crippen molar-refractivity contribution in [2.24, 2.45) is 0 Å². The molecule has 2 aliphatic carbocycles. The minimum atomic E-state index is -0.181. The van der Waals surface area contributed by atoms with E-state index < -0.39 is 0 Å². The molecule has 0 spiro atoms. The van der Waals surface area contributed by atoms with E-state index >= 15 is 0 Å². The Balaban J connectivity index is 1.15. The molecule has 0 saturated heterocycles. The second kappa shape index (κ2) is 12.4. The highest BCUT2D eigenvalue weighted by Crippen LogP contribution is 2.49. The van der Waals surface area contributed by atoms with Crippen LogP contribution in [0.3, 0.4) is 0 Å². The Morgan fingerprint density at radius 1 is 0.500 bits per heavy atom. The molecule has 5 aromatic rings. The van der Waals surface area contributed by atoms with Crippen molar-refractivity contribution in [3.63, 3.8) is 0 Å². The lowest BCUT2D eigenvalue weighted by molar-refractivity contribution is 0.108. The molecule has 0 amide bonds. The monoisotopic (exact) mass is 650 g/mol. The maximum absolute atomic E-state index is 13.7. The van der Waals surface area contributed by atoms with E-state index in [1.807, 2.05) is 72.8 Å². The van der Waals surface area contributed by atoms with Crippen LogP contribution in [0, 0.1) is 35.8 Å². The van der Waals surface area contributed by atoms with Gasteiger partial charge in [-0.25, -0.2) is 20.2 Å². The Kier molecular flexibility index (Phi) is 7.82. The molecule has 5 aromatic carbocycles. The van der Waals surface area contributed by atoms with Gasteiger partial charge in [0.15, 0.2) is 0 Å². The molecule has 0 fully saturated rings. The van der Waals surface area contributed by atoms with E-state index in [4.69, 9.17) is 13.1 Å². The molecular weight excluding hydrogens is 633 g/mol. The van der Waals surface area contributed by atoms with E-state index in [2.05, 4.69) is 9.69 Å². The number of nitrogens with zero attached hydrogens (tertiary/aromatic N) is 4. The number of nitriles is 2. The van der Waals surface area contributed by atoms with Crippen LogP contribution in [0.4, 0.5) is 0 Å². The Morgan fingerprint density at radius 3 is 1.21 bits per heavy atom. The van der Waals surface area contributed by atoms with Crippen LogP contribution < -0.4 is 0 Å². The highest BCUT2D eigenvalue weighted by molar-refractivity contribution is 8.14. The Bertz CT molecular complexity index is 2280. The fourth-order valence-corrected chi connectivity index (χ4v) is 7.79. The number of carbonyl (C=O) groups is 2. The van der Waals surface area contributed by atoms with E-state index in [1.54, 1.807) is 48.5 Å². The zero-order valence-corrected chi connectivity index (χ0v) is 26.4. The van der Waals surface area contributed by atoms with E-state index in [9.17, 15) is 20.1 Å². The molecule has 7 rings (SSSR count). The van der Waals surface area contributed by atoms with Gasteiger partial charge in [-0.2, -0.15) is 0 Å². The van der Waals surface area contributed by atoms with E-state index in [0.29, 0.717) is 54.3 Å². The van der Waals surface area contributed by atoms with Crippen molar-refractivity contribution in [1.29, 1.82) is 10.5 Å². The van der Waals surface area contributed by atoms with Gasteiger partial charge in [-0.15, -0.1) is 0 Å². The highest BCUT2D eigenvalue weighted by Gasteiger charge is 2.31. The van der Waals surface area contributed by atoms with Crippen molar-refractivity contribution in [1.82, 2.24) is 0 Å². The topological polar surface area (TPSA) is 90.4 Å². The van der Waals surface area contributed by atoms with Crippen molar-refractivity contribution in [2.75, 3.05) is 0 Å². The fraction of sp³-hybridized carbons (Fsp3) is 0. The molecule has 0 saturated carbocycles. The van der Waals surface area contributed by atoms with Gasteiger partial charge in [-0.1, -0.05) is 72.8 Å². The van der Waals surface area contributed by atoms with Crippen molar-refractivity contribution < 1.29 is 9.59 Å². The maximum atomic E-state index is 13.7. The van der Waals surface area contributed by atoms with E-state index in [-0.39, 0.29) is 21.6 Å². The van der Waals surface area contributed by atoms with Crippen molar-refractivity contribution in [3.8, 4) is 34.4 Å². The minimum Gasteiger partial charge on any atom is -0.281 e. The van der Waals surface area contributed by atoms with Crippen molar-refractivity contribution >= 4 is 44.9 Å². The molecule has 0 radical (unpaired) electrons. The first-order valence-electron chi connectivity index (χ1n) is 14.5. The van der Waals surface area contributed by atoms with Crippen LogP contribution in [0.2, 0.25) is 0 Å². The molecule has 222 valence electrons. The quantitative estimate of drug-likeness (QED) is 0.107. The largest absolute Gasteiger partial charge is 0.281 e. The lowest BCUT2D eigenvalue weighted by Gasteiger charge is -2.10. The van der Waals surface area contributed by atoms with Gasteiger partial charge in [-0.05, 0) is 93.3 Å². The molecule has 0 N–H and O–H groups in total. The van der Waals surface area contributed by atoms with Gasteiger partial charge in [0.1, 0.15) is 0 Å². The number of thioether (sulfide) groups is 2. The molecule has 0 atom stereocenters. The van der Waals surface area contributed by atoms with Crippen LogP contribution in [0.15, 0.2) is 130 Å². The number of allylic oxidation sites excluding steroid dienone is 2. The first-order chi connectivity index (χ1) is 23.5. The smallest absolute Gasteiger partial charge is 0.270 e.